The van der Waals surface area contributed by atoms with E-state index in [4.69, 9.17) is 15.5 Å². The number of hydrogen-bond donors (Lipinski definition) is 1. The topological polar surface area (TPSA) is 82.1 Å². The van der Waals surface area contributed by atoms with Crippen LogP contribution in [-0.4, -0.2) is 51.9 Å². The van der Waals surface area contributed by atoms with Gasteiger partial charge in [0.2, 0.25) is 5.95 Å². The Hall–Kier alpha value is -2.74. The molecular formula is C18H21FN6O. The molecule has 0 aliphatic carbocycles. The summed E-state index contributed by atoms with van der Waals surface area (Å²) in [5, 5.41) is 0. The smallest absolute Gasteiger partial charge is 0.207 e. The van der Waals surface area contributed by atoms with E-state index >= 15 is 0 Å². The minimum absolute atomic E-state index is 0.406. The predicted molar refractivity (Wildman–Crippen MR) is 97.1 cm³/mol. The third kappa shape index (κ3) is 3.08. The Balaban J connectivity index is 1.71. The number of anilines is 1. The van der Waals surface area contributed by atoms with Gasteiger partial charge in [-0.25, -0.2) is 19.3 Å². The van der Waals surface area contributed by atoms with E-state index in [9.17, 15) is 4.39 Å². The zero-order valence-corrected chi connectivity index (χ0v) is 14.5. The quantitative estimate of drug-likeness (QED) is 0.767. The van der Waals surface area contributed by atoms with Crippen LogP contribution in [0.25, 0.3) is 11.0 Å². The van der Waals surface area contributed by atoms with Crippen molar-refractivity contribution in [2.24, 2.45) is 5.73 Å². The molecule has 0 spiro atoms. The lowest BCUT2D eigenvalue weighted by Crippen LogP contribution is -2.50. The third-order valence-corrected chi connectivity index (χ3v) is 4.70. The molecule has 0 radical (unpaired) electrons. The van der Waals surface area contributed by atoms with Crippen LogP contribution in [0.1, 0.15) is 12.2 Å². The number of alkyl halides is 1. The molecular weight excluding hydrogens is 335 g/mol. The third-order valence-electron chi connectivity index (χ3n) is 4.70. The summed E-state index contributed by atoms with van der Waals surface area (Å²) in [6, 6.07) is 7.39. The average molecular weight is 356 g/mol. The van der Waals surface area contributed by atoms with Crippen LogP contribution in [0.4, 0.5) is 10.3 Å². The standard InChI is InChI=1S/C18H21FN6O/c1-26-12-8-21-17(22-9-12)11-25-16-5-3-2-4-15(16)23-18(25)24-7-6-13(19)14(20)10-24/h2-5,8-9,13-14H,6-7,10-11,20H2,1H3/t13-,14-/m1/s1. The Bertz CT molecular complexity index is 896. The maximum atomic E-state index is 13.8. The highest BCUT2D eigenvalue weighted by Crippen LogP contribution is 2.26. The zero-order valence-electron chi connectivity index (χ0n) is 14.5. The number of nitrogens with two attached hydrogens (primary N) is 1. The van der Waals surface area contributed by atoms with Crippen molar-refractivity contribution in [1.29, 1.82) is 0 Å². The monoisotopic (exact) mass is 356 g/mol. The molecule has 2 atom stereocenters. The summed E-state index contributed by atoms with van der Waals surface area (Å²) in [6.07, 6.45) is 2.73. The molecule has 0 bridgehead atoms. The second kappa shape index (κ2) is 6.87. The van der Waals surface area contributed by atoms with E-state index in [0.717, 1.165) is 17.0 Å². The number of fused-ring (bicyclic) bond motifs is 1. The van der Waals surface area contributed by atoms with Gasteiger partial charge >= 0.3 is 0 Å². The van der Waals surface area contributed by atoms with Gasteiger partial charge in [0.25, 0.3) is 0 Å². The summed E-state index contributed by atoms with van der Waals surface area (Å²) in [6.45, 7) is 1.49. The highest BCUT2D eigenvalue weighted by atomic mass is 19.1. The predicted octanol–water partition coefficient (Wildman–Crippen LogP) is 1.76. The first kappa shape index (κ1) is 16.7. The summed E-state index contributed by atoms with van der Waals surface area (Å²) in [7, 11) is 1.58. The number of ether oxygens (including phenoxy) is 1. The highest BCUT2D eigenvalue weighted by Gasteiger charge is 2.29. The molecule has 1 aliphatic heterocycles. The molecule has 26 heavy (non-hydrogen) atoms. The van der Waals surface area contributed by atoms with Crippen molar-refractivity contribution in [3.05, 3.63) is 42.5 Å². The Labute approximate surface area is 150 Å². The fourth-order valence-corrected chi connectivity index (χ4v) is 3.27. The number of aromatic nitrogens is 4. The maximum absolute atomic E-state index is 13.8. The summed E-state index contributed by atoms with van der Waals surface area (Å²) < 4.78 is 21.0. The number of imidazole rings is 1. The Morgan fingerprint density at radius 2 is 2.04 bits per heavy atom. The summed E-state index contributed by atoms with van der Waals surface area (Å²) in [5.41, 5.74) is 7.81. The van der Waals surface area contributed by atoms with Crippen LogP contribution in [0.5, 0.6) is 5.75 Å². The molecule has 1 fully saturated rings. The zero-order chi connectivity index (χ0) is 18.1. The van der Waals surface area contributed by atoms with Crippen molar-refractivity contribution in [3.63, 3.8) is 0 Å². The Kier molecular flexibility index (Phi) is 4.42. The van der Waals surface area contributed by atoms with Crippen LogP contribution in [0.2, 0.25) is 0 Å². The lowest BCUT2D eigenvalue weighted by molar-refractivity contribution is 0.243. The van der Waals surface area contributed by atoms with Crippen LogP contribution in [-0.2, 0) is 6.54 Å². The van der Waals surface area contributed by atoms with Gasteiger partial charge in [-0.15, -0.1) is 0 Å². The van der Waals surface area contributed by atoms with E-state index in [1.807, 2.05) is 29.2 Å². The van der Waals surface area contributed by atoms with Crippen molar-refractivity contribution in [1.82, 2.24) is 19.5 Å². The molecule has 1 saturated heterocycles. The van der Waals surface area contributed by atoms with Crippen LogP contribution in [0, 0.1) is 0 Å². The number of methoxy groups -OCH3 is 1. The second-order valence-corrected chi connectivity index (χ2v) is 6.44. The number of halogens is 1. The minimum atomic E-state index is -0.964. The number of piperidine rings is 1. The number of nitrogens with zero attached hydrogens (tertiary/aromatic N) is 5. The lowest BCUT2D eigenvalue weighted by Gasteiger charge is -2.34. The molecule has 136 valence electrons. The SMILES string of the molecule is COc1cnc(Cn2c(N3CC[C@@H](F)[C@H](N)C3)nc3ccccc32)nc1. The first-order valence-corrected chi connectivity index (χ1v) is 8.60. The molecule has 4 rings (SSSR count). The molecule has 1 aromatic carbocycles. The lowest BCUT2D eigenvalue weighted by atomic mass is 10.1. The molecule has 3 aromatic rings. The molecule has 1 aliphatic rings. The van der Waals surface area contributed by atoms with E-state index in [1.54, 1.807) is 19.5 Å². The average Bonchev–Trinajstić information content (AvgIpc) is 3.03. The molecule has 2 N–H and O–H groups in total. The molecule has 7 nitrogen and oxygen atoms in total. The van der Waals surface area contributed by atoms with Crippen LogP contribution < -0.4 is 15.4 Å². The largest absolute Gasteiger partial charge is 0.494 e. The van der Waals surface area contributed by atoms with Gasteiger partial charge < -0.3 is 19.9 Å². The normalized spacial score (nSPS) is 20.5. The fourth-order valence-electron chi connectivity index (χ4n) is 3.27. The minimum Gasteiger partial charge on any atom is -0.494 e. The van der Waals surface area contributed by atoms with Gasteiger partial charge in [-0.1, -0.05) is 12.1 Å². The molecule has 3 heterocycles. The molecule has 0 unspecified atom stereocenters. The molecule has 0 saturated carbocycles. The van der Waals surface area contributed by atoms with Crippen molar-refractivity contribution >= 4 is 17.0 Å². The van der Waals surface area contributed by atoms with E-state index in [-0.39, 0.29) is 0 Å². The van der Waals surface area contributed by atoms with E-state index < -0.39 is 12.2 Å². The van der Waals surface area contributed by atoms with Crippen molar-refractivity contribution in [3.8, 4) is 5.75 Å². The number of hydrogen-bond acceptors (Lipinski definition) is 6. The van der Waals surface area contributed by atoms with Crippen molar-refractivity contribution in [2.75, 3.05) is 25.1 Å². The van der Waals surface area contributed by atoms with Gasteiger partial charge in [0.05, 0.1) is 43.1 Å². The second-order valence-electron chi connectivity index (χ2n) is 6.44. The number of rotatable bonds is 4. The van der Waals surface area contributed by atoms with E-state index in [2.05, 4.69) is 14.5 Å². The summed E-state index contributed by atoms with van der Waals surface area (Å²) >= 11 is 0. The van der Waals surface area contributed by atoms with Crippen LogP contribution >= 0.6 is 0 Å². The number of benzene rings is 1. The summed E-state index contributed by atoms with van der Waals surface area (Å²) in [5.74, 6) is 2.04. The fraction of sp³-hybridized carbons (Fsp3) is 0.389. The summed E-state index contributed by atoms with van der Waals surface area (Å²) in [4.78, 5) is 15.5. The maximum Gasteiger partial charge on any atom is 0.207 e. The van der Waals surface area contributed by atoms with Crippen molar-refractivity contribution < 1.29 is 9.13 Å². The van der Waals surface area contributed by atoms with E-state index in [1.165, 1.54) is 0 Å². The van der Waals surface area contributed by atoms with Gasteiger partial charge in [-0.2, -0.15) is 0 Å². The van der Waals surface area contributed by atoms with E-state index in [0.29, 0.717) is 37.6 Å². The molecule has 2 aromatic heterocycles. The Morgan fingerprint density at radius 3 is 2.77 bits per heavy atom. The molecule has 8 heteroatoms. The molecule has 0 amide bonds. The first-order valence-electron chi connectivity index (χ1n) is 8.60. The van der Waals surface area contributed by atoms with Crippen LogP contribution in [0.3, 0.4) is 0 Å². The van der Waals surface area contributed by atoms with Gasteiger partial charge in [-0.05, 0) is 18.6 Å². The van der Waals surface area contributed by atoms with Crippen LogP contribution in [0.15, 0.2) is 36.7 Å². The van der Waals surface area contributed by atoms with Gasteiger partial charge in [0, 0.05) is 13.1 Å². The van der Waals surface area contributed by atoms with Gasteiger partial charge in [0.15, 0.2) is 5.75 Å². The van der Waals surface area contributed by atoms with Gasteiger partial charge in [0.1, 0.15) is 12.0 Å². The van der Waals surface area contributed by atoms with Gasteiger partial charge in [-0.3, -0.25) is 0 Å². The highest BCUT2D eigenvalue weighted by molar-refractivity contribution is 5.79. The Morgan fingerprint density at radius 1 is 1.27 bits per heavy atom. The van der Waals surface area contributed by atoms with Crippen molar-refractivity contribution in [2.45, 2.75) is 25.2 Å². The first-order chi connectivity index (χ1) is 12.7. The number of para-hydroxylation sites is 2.